The second-order valence-electron chi connectivity index (χ2n) is 6.48. The number of aromatic carboxylic acids is 1. The molecule has 2 heterocycles. The van der Waals surface area contributed by atoms with Crippen LogP contribution in [0.1, 0.15) is 40.3 Å². The molecule has 0 bridgehead atoms. The third-order valence-electron chi connectivity index (χ3n) is 4.77. The van der Waals surface area contributed by atoms with Crippen molar-refractivity contribution in [3.63, 3.8) is 0 Å². The molecule has 1 aromatic heterocycles. The maximum Gasteiger partial charge on any atom is 0.434 e. The highest BCUT2D eigenvalue weighted by Crippen LogP contribution is 2.33. The smallest absolute Gasteiger partial charge is 0.434 e. The van der Waals surface area contributed by atoms with Gasteiger partial charge in [0.05, 0.1) is 30.6 Å². The molecule has 2 atom stereocenters. The Labute approximate surface area is 158 Å². The fourth-order valence-electron chi connectivity index (χ4n) is 3.10. The predicted molar refractivity (Wildman–Crippen MR) is 91.4 cm³/mol. The molecule has 28 heavy (non-hydrogen) atoms. The summed E-state index contributed by atoms with van der Waals surface area (Å²) in [4.78, 5) is 25.4. The van der Waals surface area contributed by atoms with Gasteiger partial charge in [-0.3, -0.25) is 4.79 Å². The van der Waals surface area contributed by atoms with Crippen LogP contribution >= 0.6 is 0 Å². The number of halogens is 3. The molecule has 0 radical (unpaired) electrons. The highest BCUT2D eigenvalue weighted by molar-refractivity contribution is 5.94. The number of amides is 1. The number of morpholine rings is 1. The summed E-state index contributed by atoms with van der Waals surface area (Å²) in [6, 6.07) is 5.26. The van der Waals surface area contributed by atoms with E-state index >= 15 is 0 Å². The zero-order valence-corrected chi connectivity index (χ0v) is 15.1. The number of benzene rings is 1. The van der Waals surface area contributed by atoms with Gasteiger partial charge in [-0.1, -0.05) is 0 Å². The average molecular weight is 397 g/mol. The zero-order valence-electron chi connectivity index (χ0n) is 15.1. The van der Waals surface area contributed by atoms with Crippen molar-refractivity contribution in [3.05, 3.63) is 47.3 Å². The lowest BCUT2D eigenvalue weighted by Crippen LogP contribution is -2.51. The van der Waals surface area contributed by atoms with Crippen LogP contribution < -0.4 is 0 Å². The van der Waals surface area contributed by atoms with Crippen LogP contribution in [0.15, 0.2) is 30.5 Å². The molecule has 1 fully saturated rings. The molecule has 150 valence electrons. The van der Waals surface area contributed by atoms with Gasteiger partial charge in [0.1, 0.15) is 5.56 Å². The first-order valence-corrected chi connectivity index (χ1v) is 8.52. The number of alkyl halides is 3. The van der Waals surface area contributed by atoms with Crippen molar-refractivity contribution in [3.8, 4) is 5.69 Å². The van der Waals surface area contributed by atoms with Crippen molar-refractivity contribution in [1.82, 2.24) is 14.7 Å². The largest absolute Gasteiger partial charge is 0.478 e. The molecule has 0 spiro atoms. The number of carbonyl (C=O) groups excluding carboxylic acids is 1. The minimum atomic E-state index is -4.90. The molecular formula is C18H18F3N3O4. The van der Waals surface area contributed by atoms with Crippen molar-refractivity contribution in [2.24, 2.45) is 0 Å². The Hall–Kier alpha value is -2.88. The van der Waals surface area contributed by atoms with E-state index < -0.39 is 23.4 Å². The van der Waals surface area contributed by atoms with Crippen molar-refractivity contribution < 1.29 is 32.6 Å². The van der Waals surface area contributed by atoms with Gasteiger partial charge in [-0.25, -0.2) is 9.48 Å². The van der Waals surface area contributed by atoms with Crippen LogP contribution in [0.4, 0.5) is 13.2 Å². The zero-order chi connectivity index (χ0) is 20.6. The Morgan fingerprint density at radius 1 is 1.21 bits per heavy atom. The first kappa shape index (κ1) is 19.9. The third-order valence-corrected chi connectivity index (χ3v) is 4.77. The SMILES string of the molecule is CC1OCCN(C(=O)c2ccc(-n3ncc(C(=O)O)c3C(F)(F)F)cc2)C1C. The summed E-state index contributed by atoms with van der Waals surface area (Å²) in [6.45, 7) is 4.56. The highest BCUT2D eigenvalue weighted by atomic mass is 19.4. The standard InChI is InChI=1S/C18H18F3N3O4/c1-10-11(2)28-8-7-23(10)16(25)12-3-5-13(6-4-12)24-15(18(19,20)21)14(9-22-24)17(26)27/h3-6,9-11H,7-8H2,1-2H3,(H,26,27). The number of carboxylic acids is 1. The Balaban J connectivity index is 1.92. The van der Waals surface area contributed by atoms with Crippen LogP contribution in [0.5, 0.6) is 0 Å². The molecule has 1 N–H and O–H groups in total. The maximum atomic E-state index is 13.3. The van der Waals surface area contributed by atoms with Gasteiger partial charge in [0.2, 0.25) is 0 Å². The Morgan fingerprint density at radius 2 is 1.86 bits per heavy atom. The number of aromatic nitrogens is 2. The molecular weight excluding hydrogens is 379 g/mol. The van der Waals surface area contributed by atoms with E-state index in [1.54, 1.807) is 4.90 Å². The quantitative estimate of drug-likeness (QED) is 0.861. The fraction of sp³-hybridized carbons (Fsp3) is 0.389. The van der Waals surface area contributed by atoms with Gasteiger partial charge in [-0.15, -0.1) is 0 Å². The molecule has 1 aliphatic heterocycles. The van der Waals surface area contributed by atoms with Crippen LogP contribution in [0, 0.1) is 0 Å². The first-order chi connectivity index (χ1) is 13.1. The maximum absolute atomic E-state index is 13.3. The molecule has 0 saturated carbocycles. The minimum Gasteiger partial charge on any atom is -0.478 e. The van der Waals surface area contributed by atoms with E-state index in [1.165, 1.54) is 24.3 Å². The number of rotatable bonds is 3. The molecule has 0 aliphatic carbocycles. The molecule has 2 aromatic rings. The van der Waals surface area contributed by atoms with Gasteiger partial charge < -0.3 is 14.7 Å². The first-order valence-electron chi connectivity index (χ1n) is 8.52. The topological polar surface area (TPSA) is 84.7 Å². The summed E-state index contributed by atoms with van der Waals surface area (Å²) < 4.78 is 46.0. The van der Waals surface area contributed by atoms with Gasteiger partial charge in [0, 0.05) is 12.1 Å². The van der Waals surface area contributed by atoms with E-state index in [0.29, 0.717) is 29.6 Å². The van der Waals surface area contributed by atoms with Crippen LogP contribution in [0.3, 0.4) is 0 Å². The van der Waals surface area contributed by atoms with Gasteiger partial charge in [0.25, 0.3) is 5.91 Å². The molecule has 1 saturated heterocycles. The van der Waals surface area contributed by atoms with Crippen LogP contribution in [0.25, 0.3) is 5.69 Å². The van der Waals surface area contributed by atoms with Crippen molar-refractivity contribution in [1.29, 1.82) is 0 Å². The van der Waals surface area contributed by atoms with E-state index in [9.17, 15) is 22.8 Å². The number of carbonyl (C=O) groups is 2. The van der Waals surface area contributed by atoms with Gasteiger partial charge in [-0.05, 0) is 38.1 Å². The Morgan fingerprint density at radius 3 is 2.43 bits per heavy atom. The number of ether oxygens (including phenoxy) is 1. The monoisotopic (exact) mass is 397 g/mol. The second kappa shape index (κ2) is 7.27. The summed E-state index contributed by atoms with van der Waals surface area (Å²) in [6.07, 6.45) is -4.37. The number of hydrogen-bond acceptors (Lipinski definition) is 4. The molecule has 7 nitrogen and oxygen atoms in total. The fourth-order valence-corrected chi connectivity index (χ4v) is 3.10. The summed E-state index contributed by atoms with van der Waals surface area (Å²) >= 11 is 0. The lowest BCUT2D eigenvalue weighted by Gasteiger charge is -2.37. The number of hydrogen-bond donors (Lipinski definition) is 1. The molecule has 1 aromatic carbocycles. The van der Waals surface area contributed by atoms with Crippen molar-refractivity contribution in [2.45, 2.75) is 32.2 Å². The van der Waals surface area contributed by atoms with E-state index in [-0.39, 0.29) is 23.7 Å². The lowest BCUT2D eigenvalue weighted by atomic mass is 10.1. The van der Waals surface area contributed by atoms with Crippen molar-refractivity contribution in [2.75, 3.05) is 13.2 Å². The molecule has 1 aliphatic rings. The van der Waals surface area contributed by atoms with E-state index in [4.69, 9.17) is 9.84 Å². The molecule has 2 unspecified atom stereocenters. The lowest BCUT2D eigenvalue weighted by molar-refractivity contribution is -0.143. The number of nitrogens with zero attached hydrogens (tertiary/aromatic N) is 3. The number of carboxylic acid groups (broad SMARTS) is 1. The van der Waals surface area contributed by atoms with Crippen LogP contribution in [-0.2, 0) is 10.9 Å². The minimum absolute atomic E-state index is 0.000214. The van der Waals surface area contributed by atoms with E-state index in [2.05, 4.69) is 5.10 Å². The third kappa shape index (κ3) is 3.59. The summed E-state index contributed by atoms with van der Waals surface area (Å²) in [5, 5.41) is 12.5. The molecule has 10 heteroatoms. The van der Waals surface area contributed by atoms with Crippen LogP contribution in [-0.4, -0.2) is 57.0 Å². The summed E-state index contributed by atoms with van der Waals surface area (Å²) in [5.41, 5.74) is -2.01. The normalized spacial score (nSPS) is 20.2. The van der Waals surface area contributed by atoms with Gasteiger partial charge >= 0.3 is 12.1 Å². The molecule has 3 rings (SSSR count). The Kier molecular flexibility index (Phi) is 5.16. The van der Waals surface area contributed by atoms with Gasteiger partial charge in [0.15, 0.2) is 5.69 Å². The van der Waals surface area contributed by atoms with Gasteiger partial charge in [-0.2, -0.15) is 18.3 Å². The predicted octanol–water partition coefficient (Wildman–Crippen LogP) is 2.84. The highest BCUT2D eigenvalue weighted by Gasteiger charge is 2.40. The summed E-state index contributed by atoms with van der Waals surface area (Å²) in [5.74, 6) is -1.97. The Bertz CT molecular complexity index is 892. The van der Waals surface area contributed by atoms with E-state index in [1.807, 2.05) is 13.8 Å². The molecule has 1 amide bonds. The average Bonchev–Trinajstić information content (AvgIpc) is 3.09. The van der Waals surface area contributed by atoms with Crippen LogP contribution in [0.2, 0.25) is 0 Å². The second-order valence-corrected chi connectivity index (χ2v) is 6.48. The van der Waals surface area contributed by atoms with Crippen molar-refractivity contribution >= 4 is 11.9 Å². The van der Waals surface area contributed by atoms with E-state index in [0.717, 1.165) is 0 Å². The summed E-state index contributed by atoms with van der Waals surface area (Å²) in [7, 11) is 0.